The SMILES string of the molecule is CC1CC(N)C(O)C(O)C1O. The molecule has 4 nitrogen and oxygen atoms in total. The number of hydrogen-bond donors (Lipinski definition) is 4. The minimum Gasteiger partial charge on any atom is -0.390 e. The molecule has 1 rings (SSSR count). The molecule has 0 radical (unpaired) electrons. The Balaban J connectivity index is 2.63. The van der Waals surface area contributed by atoms with E-state index >= 15 is 0 Å². The molecule has 0 bridgehead atoms. The number of aliphatic hydroxyl groups is 3. The molecule has 11 heavy (non-hydrogen) atoms. The third-order valence-corrected chi connectivity index (χ3v) is 2.37. The summed E-state index contributed by atoms with van der Waals surface area (Å²) < 4.78 is 0. The summed E-state index contributed by atoms with van der Waals surface area (Å²) in [5.74, 6) is -0.0385. The Bertz CT molecular complexity index is 128. The van der Waals surface area contributed by atoms with Crippen LogP contribution < -0.4 is 5.73 Å². The van der Waals surface area contributed by atoms with E-state index in [1.807, 2.05) is 0 Å². The second-order valence-corrected chi connectivity index (χ2v) is 3.35. The zero-order valence-corrected chi connectivity index (χ0v) is 6.51. The van der Waals surface area contributed by atoms with Crippen molar-refractivity contribution in [3.63, 3.8) is 0 Å². The van der Waals surface area contributed by atoms with Gasteiger partial charge in [-0.05, 0) is 12.3 Å². The average Bonchev–Trinajstić information content (AvgIpc) is 1.97. The fourth-order valence-corrected chi connectivity index (χ4v) is 1.50. The molecule has 5 unspecified atom stereocenters. The van der Waals surface area contributed by atoms with Crippen molar-refractivity contribution in [3.05, 3.63) is 0 Å². The first kappa shape index (κ1) is 8.93. The number of aliphatic hydroxyl groups excluding tert-OH is 3. The van der Waals surface area contributed by atoms with Gasteiger partial charge < -0.3 is 21.1 Å². The smallest absolute Gasteiger partial charge is 0.107 e. The number of hydrogen-bond acceptors (Lipinski definition) is 4. The van der Waals surface area contributed by atoms with Crippen LogP contribution in [-0.4, -0.2) is 39.7 Å². The highest BCUT2D eigenvalue weighted by Gasteiger charge is 2.38. The molecule has 1 saturated carbocycles. The zero-order chi connectivity index (χ0) is 8.59. The van der Waals surface area contributed by atoms with Gasteiger partial charge in [-0.25, -0.2) is 0 Å². The average molecular weight is 161 g/mol. The van der Waals surface area contributed by atoms with Crippen LogP contribution in [0.1, 0.15) is 13.3 Å². The maximum Gasteiger partial charge on any atom is 0.107 e. The molecule has 0 saturated heterocycles. The molecule has 0 aromatic carbocycles. The van der Waals surface area contributed by atoms with Crippen molar-refractivity contribution < 1.29 is 15.3 Å². The molecule has 1 aliphatic carbocycles. The van der Waals surface area contributed by atoms with Crippen molar-refractivity contribution in [2.24, 2.45) is 11.7 Å². The van der Waals surface area contributed by atoms with Crippen molar-refractivity contribution in [2.45, 2.75) is 37.7 Å². The summed E-state index contributed by atoms with van der Waals surface area (Å²) >= 11 is 0. The molecule has 0 spiro atoms. The van der Waals surface area contributed by atoms with Crippen molar-refractivity contribution in [1.29, 1.82) is 0 Å². The van der Waals surface area contributed by atoms with Crippen molar-refractivity contribution in [1.82, 2.24) is 0 Å². The molecule has 4 heteroatoms. The lowest BCUT2D eigenvalue weighted by atomic mass is 9.81. The molecular weight excluding hydrogens is 146 g/mol. The van der Waals surface area contributed by atoms with Gasteiger partial charge in [0.25, 0.3) is 0 Å². The first-order valence-corrected chi connectivity index (χ1v) is 3.84. The Morgan fingerprint density at radius 2 is 1.64 bits per heavy atom. The van der Waals surface area contributed by atoms with Crippen molar-refractivity contribution in [3.8, 4) is 0 Å². The van der Waals surface area contributed by atoms with Crippen LogP contribution in [0.2, 0.25) is 0 Å². The fourth-order valence-electron chi connectivity index (χ4n) is 1.50. The maximum atomic E-state index is 9.27. The predicted molar refractivity (Wildman–Crippen MR) is 39.8 cm³/mol. The van der Waals surface area contributed by atoms with Crippen LogP contribution >= 0.6 is 0 Å². The number of rotatable bonds is 0. The molecule has 0 heterocycles. The van der Waals surface area contributed by atoms with Crippen LogP contribution in [0.15, 0.2) is 0 Å². The van der Waals surface area contributed by atoms with E-state index in [1.165, 1.54) is 0 Å². The molecule has 1 fully saturated rings. The highest BCUT2D eigenvalue weighted by Crippen LogP contribution is 2.23. The van der Waals surface area contributed by atoms with Gasteiger partial charge in [-0.3, -0.25) is 0 Å². The maximum absolute atomic E-state index is 9.27. The first-order chi connectivity index (χ1) is 5.04. The monoisotopic (exact) mass is 161 g/mol. The molecule has 66 valence electrons. The topological polar surface area (TPSA) is 86.7 Å². The normalized spacial score (nSPS) is 52.6. The van der Waals surface area contributed by atoms with E-state index in [0.717, 1.165) is 0 Å². The summed E-state index contributed by atoms with van der Waals surface area (Å²) in [6.07, 6.45) is -2.36. The van der Waals surface area contributed by atoms with Crippen LogP contribution in [0.5, 0.6) is 0 Å². The Morgan fingerprint density at radius 3 is 2.18 bits per heavy atom. The quantitative estimate of drug-likeness (QED) is 0.346. The third kappa shape index (κ3) is 1.54. The van der Waals surface area contributed by atoms with Crippen LogP contribution in [-0.2, 0) is 0 Å². The third-order valence-electron chi connectivity index (χ3n) is 2.37. The van der Waals surface area contributed by atoms with Crippen molar-refractivity contribution >= 4 is 0 Å². The Hall–Kier alpha value is -0.160. The zero-order valence-electron chi connectivity index (χ0n) is 6.51. The van der Waals surface area contributed by atoms with E-state index in [1.54, 1.807) is 6.92 Å². The lowest BCUT2D eigenvalue weighted by molar-refractivity contribution is -0.114. The molecule has 0 aromatic rings. The van der Waals surface area contributed by atoms with Gasteiger partial charge in [0.1, 0.15) is 6.10 Å². The van der Waals surface area contributed by atoms with Crippen LogP contribution in [0.25, 0.3) is 0 Å². The van der Waals surface area contributed by atoms with Gasteiger partial charge in [-0.1, -0.05) is 6.92 Å². The summed E-state index contributed by atoms with van der Waals surface area (Å²) in [6, 6.07) is -0.414. The molecule has 0 aromatic heterocycles. The van der Waals surface area contributed by atoms with E-state index in [2.05, 4.69) is 0 Å². The van der Waals surface area contributed by atoms with Crippen LogP contribution in [0.3, 0.4) is 0 Å². The van der Waals surface area contributed by atoms with Gasteiger partial charge >= 0.3 is 0 Å². The van der Waals surface area contributed by atoms with Gasteiger partial charge in [-0.15, -0.1) is 0 Å². The standard InChI is InChI=1S/C7H15NO3/c1-3-2-4(8)6(10)7(11)5(3)9/h3-7,9-11H,2,8H2,1H3. The molecule has 5 atom stereocenters. The highest BCUT2D eigenvalue weighted by molar-refractivity contribution is 4.92. The highest BCUT2D eigenvalue weighted by atomic mass is 16.4. The van der Waals surface area contributed by atoms with Gasteiger partial charge in [0.15, 0.2) is 0 Å². The summed E-state index contributed by atoms with van der Waals surface area (Å²) in [5.41, 5.74) is 5.50. The summed E-state index contributed by atoms with van der Waals surface area (Å²) in [4.78, 5) is 0. The lowest BCUT2D eigenvalue weighted by Gasteiger charge is -2.37. The van der Waals surface area contributed by atoms with E-state index < -0.39 is 24.4 Å². The summed E-state index contributed by atoms with van der Waals surface area (Å²) in [7, 11) is 0. The van der Waals surface area contributed by atoms with Crippen molar-refractivity contribution in [2.75, 3.05) is 0 Å². The Morgan fingerprint density at radius 1 is 1.09 bits per heavy atom. The molecule has 1 aliphatic rings. The molecule has 0 amide bonds. The Labute approximate surface area is 65.6 Å². The molecule has 5 N–H and O–H groups in total. The minimum absolute atomic E-state index is 0.0385. The minimum atomic E-state index is -1.09. The fraction of sp³-hybridized carbons (Fsp3) is 1.00. The second kappa shape index (κ2) is 3.06. The first-order valence-electron chi connectivity index (χ1n) is 3.84. The van der Waals surface area contributed by atoms with E-state index in [-0.39, 0.29) is 5.92 Å². The molecule has 0 aliphatic heterocycles. The largest absolute Gasteiger partial charge is 0.390 e. The van der Waals surface area contributed by atoms with Gasteiger partial charge in [-0.2, -0.15) is 0 Å². The van der Waals surface area contributed by atoms with Crippen LogP contribution in [0, 0.1) is 5.92 Å². The lowest BCUT2D eigenvalue weighted by Crippen LogP contribution is -2.55. The predicted octanol–water partition coefficient (Wildman–Crippen LogP) is -1.56. The van der Waals surface area contributed by atoms with E-state index in [4.69, 9.17) is 5.73 Å². The summed E-state index contributed by atoms with van der Waals surface area (Å²) in [6.45, 7) is 1.81. The summed E-state index contributed by atoms with van der Waals surface area (Å²) in [5, 5.41) is 27.7. The second-order valence-electron chi connectivity index (χ2n) is 3.35. The number of nitrogens with two attached hydrogens (primary N) is 1. The van der Waals surface area contributed by atoms with Crippen LogP contribution in [0.4, 0.5) is 0 Å². The van der Waals surface area contributed by atoms with Gasteiger partial charge in [0, 0.05) is 6.04 Å². The van der Waals surface area contributed by atoms with E-state index in [0.29, 0.717) is 6.42 Å². The molecular formula is C7H15NO3. The van der Waals surface area contributed by atoms with E-state index in [9.17, 15) is 15.3 Å². The Kier molecular flexibility index (Phi) is 2.49. The van der Waals surface area contributed by atoms with Gasteiger partial charge in [0.2, 0.25) is 0 Å². The van der Waals surface area contributed by atoms with Gasteiger partial charge in [0.05, 0.1) is 12.2 Å².